The number of aliphatic hydroxyl groups excluding tert-OH is 1. The van der Waals surface area contributed by atoms with Crippen LogP contribution in [0.4, 0.5) is 11.4 Å². The van der Waals surface area contributed by atoms with Crippen LogP contribution in [0.3, 0.4) is 0 Å². The molecule has 0 aliphatic heterocycles. The summed E-state index contributed by atoms with van der Waals surface area (Å²) in [5.41, 5.74) is 8.54. The smallest absolute Gasteiger partial charge is 0.262 e. The first-order chi connectivity index (χ1) is 16.7. The largest absolute Gasteiger partial charge is 0.492 e. The van der Waals surface area contributed by atoms with Gasteiger partial charge in [0.2, 0.25) is 0 Å². The fourth-order valence-electron chi connectivity index (χ4n) is 3.53. The number of nitrogens with zero attached hydrogens (tertiary/aromatic N) is 1. The van der Waals surface area contributed by atoms with Gasteiger partial charge in [0.15, 0.2) is 0 Å². The normalized spacial score (nSPS) is 12.5. The summed E-state index contributed by atoms with van der Waals surface area (Å²) in [6.45, 7) is 3.10. The predicted octanol–water partition coefficient (Wildman–Crippen LogP) is 3.61. The molecule has 0 bridgehead atoms. The number of aromatic amines is 1. The van der Waals surface area contributed by atoms with Crippen LogP contribution < -0.4 is 20.5 Å². The molecular formula is C24H26ClN5O4S. The maximum Gasteiger partial charge on any atom is 0.262 e. The molecule has 0 saturated carbocycles. The Balaban J connectivity index is 1.31. The summed E-state index contributed by atoms with van der Waals surface area (Å²) >= 11 is 6.20. The minimum atomic E-state index is -3.90. The van der Waals surface area contributed by atoms with Gasteiger partial charge in [-0.05, 0) is 55.0 Å². The predicted molar refractivity (Wildman–Crippen MR) is 137 cm³/mol. The Hall–Kier alpha value is -3.31. The third-order valence-electron chi connectivity index (χ3n) is 5.39. The molecule has 0 fully saturated rings. The van der Waals surface area contributed by atoms with Crippen molar-refractivity contribution >= 4 is 43.9 Å². The molecule has 1 aromatic heterocycles. The summed E-state index contributed by atoms with van der Waals surface area (Å²) < 4.78 is 33.6. The molecule has 3 aromatic carbocycles. The number of nitrogens with one attached hydrogen (secondary N) is 3. The maximum absolute atomic E-state index is 12.7. The van der Waals surface area contributed by atoms with Gasteiger partial charge in [0.25, 0.3) is 10.0 Å². The van der Waals surface area contributed by atoms with Gasteiger partial charge in [-0.1, -0.05) is 23.7 Å². The van der Waals surface area contributed by atoms with Crippen LogP contribution >= 0.6 is 11.6 Å². The van der Waals surface area contributed by atoms with Gasteiger partial charge in [0.05, 0.1) is 27.2 Å². The van der Waals surface area contributed by atoms with Crippen LogP contribution in [-0.2, 0) is 10.0 Å². The summed E-state index contributed by atoms with van der Waals surface area (Å²) in [4.78, 5) is 0.0164. The number of halogens is 1. The van der Waals surface area contributed by atoms with Crippen molar-refractivity contribution in [3.63, 3.8) is 0 Å². The minimum Gasteiger partial charge on any atom is -0.492 e. The molecule has 0 radical (unpaired) electrons. The first kappa shape index (κ1) is 24.8. The molecule has 9 nitrogen and oxygen atoms in total. The SMILES string of the molecule is Cc1[nH]nc2cc(OCCNC[C@H](O)c3ccc(Cl)c(NS(=O)(=O)c4cccc(N)c4)c3)ccc12. The molecular weight excluding hydrogens is 490 g/mol. The number of sulfonamides is 1. The van der Waals surface area contributed by atoms with Gasteiger partial charge < -0.3 is 20.9 Å². The Morgan fingerprint density at radius 3 is 2.80 bits per heavy atom. The van der Waals surface area contributed by atoms with Crippen LogP contribution in [0, 0.1) is 6.92 Å². The lowest BCUT2D eigenvalue weighted by molar-refractivity contribution is 0.172. The molecule has 0 spiro atoms. The number of hydrogen-bond acceptors (Lipinski definition) is 7. The van der Waals surface area contributed by atoms with Gasteiger partial charge in [-0.25, -0.2) is 8.42 Å². The van der Waals surface area contributed by atoms with Gasteiger partial charge in [-0.15, -0.1) is 0 Å². The summed E-state index contributed by atoms with van der Waals surface area (Å²) in [5.74, 6) is 0.709. The van der Waals surface area contributed by atoms with Crippen molar-refractivity contribution in [1.29, 1.82) is 0 Å². The standard InChI is InChI=1S/C24H26ClN5O4S/c1-15-20-7-6-18(13-22(20)29-28-15)34-10-9-27-14-24(31)16-5-8-21(25)23(11-16)30-35(32,33)19-4-2-3-17(26)12-19/h2-8,11-13,24,27,30-31H,9-10,14,26H2,1H3,(H,28,29)/t24-/m0/s1. The van der Waals surface area contributed by atoms with E-state index in [1.165, 1.54) is 24.3 Å². The number of benzene rings is 3. The molecule has 11 heteroatoms. The summed E-state index contributed by atoms with van der Waals surface area (Å²) in [5, 5.41) is 22.1. The third-order valence-corrected chi connectivity index (χ3v) is 7.08. The second-order valence-electron chi connectivity index (χ2n) is 8.01. The number of aromatic nitrogens is 2. The molecule has 0 aliphatic rings. The number of aryl methyl sites for hydroxylation is 1. The van der Waals surface area contributed by atoms with Crippen LogP contribution in [0.15, 0.2) is 65.6 Å². The molecule has 35 heavy (non-hydrogen) atoms. The molecule has 184 valence electrons. The van der Waals surface area contributed by atoms with Crippen molar-refractivity contribution in [2.75, 3.05) is 30.2 Å². The Morgan fingerprint density at radius 1 is 1.17 bits per heavy atom. The Bertz CT molecular complexity index is 1440. The monoisotopic (exact) mass is 515 g/mol. The Morgan fingerprint density at radius 2 is 2.00 bits per heavy atom. The lowest BCUT2D eigenvalue weighted by atomic mass is 10.1. The van der Waals surface area contributed by atoms with Crippen LogP contribution in [0.25, 0.3) is 10.9 Å². The highest BCUT2D eigenvalue weighted by molar-refractivity contribution is 7.92. The zero-order valence-corrected chi connectivity index (χ0v) is 20.5. The van der Waals surface area contributed by atoms with E-state index in [1.54, 1.807) is 18.2 Å². The van der Waals surface area contributed by atoms with E-state index in [0.717, 1.165) is 16.6 Å². The van der Waals surface area contributed by atoms with Gasteiger partial charge in [0, 0.05) is 35.9 Å². The second-order valence-corrected chi connectivity index (χ2v) is 10.1. The first-order valence-electron chi connectivity index (χ1n) is 10.9. The molecule has 1 heterocycles. The molecule has 0 amide bonds. The highest BCUT2D eigenvalue weighted by Gasteiger charge is 2.18. The number of ether oxygens (including phenoxy) is 1. The highest BCUT2D eigenvalue weighted by Crippen LogP contribution is 2.28. The average molecular weight is 516 g/mol. The number of nitrogens with two attached hydrogens (primary N) is 1. The molecule has 0 unspecified atom stereocenters. The van der Waals surface area contributed by atoms with E-state index in [9.17, 15) is 13.5 Å². The van der Waals surface area contributed by atoms with E-state index in [0.29, 0.717) is 30.2 Å². The van der Waals surface area contributed by atoms with E-state index in [4.69, 9.17) is 22.1 Å². The van der Waals surface area contributed by atoms with Crippen molar-refractivity contribution in [3.8, 4) is 5.75 Å². The lowest BCUT2D eigenvalue weighted by Crippen LogP contribution is -2.26. The fraction of sp³-hybridized carbons (Fsp3) is 0.208. The van der Waals surface area contributed by atoms with Crippen LogP contribution in [0.5, 0.6) is 5.75 Å². The van der Waals surface area contributed by atoms with Crippen molar-refractivity contribution in [1.82, 2.24) is 15.5 Å². The molecule has 1 atom stereocenters. The van der Waals surface area contributed by atoms with Gasteiger partial charge in [-0.3, -0.25) is 9.82 Å². The van der Waals surface area contributed by atoms with Crippen LogP contribution in [0.1, 0.15) is 17.4 Å². The van der Waals surface area contributed by atoms with Crippen molar-refractivity contribution < 1.29 is 18.3 Å². The van der Waals surface area contributed by atoms with E-state index in [2.05, 4.69) is 20.2 Å². The van der Waals surface area contributed by atoms with E-state index >= 15 is 0 Å². The van der Waals surface area contributed by atoms with Gasteiger partial charge in [0.1, 0.15) is 12.4 Å². The van der Waals surface area contributed by atoms with Crippen molar-refractivity contribution in [2.45, 2.75) is 17.9 Å². The molecule has 0 saturated heterocycles. The topological polar surface area (TPSA) is 142 Å². The summed E-state index contributed by atoms with van der Waals surface area (Å²) in [6.07, 6.45) is -0.883. The molecule has 0 aliphatic carbocycles. The number of fused-ring (bicyclic) bond motifs is 1. The van der Waals surface area contributed by atoms with Crippen LogP contribution in [-0.4, -0.2) is 43.4 Å². The van der Waals surface area contributed by atoms with Crippen molar-refractivity contribution in [3.05, 3.63) is 76.9 Å². The average Bonchev–Trinajstić information content (AvgIpc) is 3.20. The number of anilines is 2. The summed E-state index contributed by atoms with van der Waals surface area (Å²) in [7, 11) is -3.90. The number of rotatable bonds is 10. The highest BCUT2D eigenvalue weighted by atomic mass is 35.5. The Labute approximate surface area is 208 Å². The van der Waals surface area contributed by atoms with E-state index in [-0.39, 0.29) is 22.2 Å². The van der Waals surface area contributed by atoms with E-state index in [1.807, 2.05) is 25.1 Å². The quantitative estimate of drug-likeness (QED) is 0.160. The fourth-order valence-corrected chi connectivity index (χ4v) is 4.87. The Kier molecular flexibility index (Phi) is 7.46. The molecule has 6 N–H and O–H groups in total. The van der Waals surface area contributed by atoms with Gasteiger partial charge in [-0.2, -0.15) is 5.10 Å². The lowest BCUT2D eigenvalue weighted by Gasteiger charge is -2.16. The minimum absolute atomic E-state index is 0.0164. The zero-order chi connectivity index (χ0) is 25.0. The second kappa shape index (κ2) is 10.5. The zero-order valence-electron chi connectivity index (χ0n) is 19.0. The van der Waals surface area contributed by atoms with Crippen LogP contribution in [0.2, 0.25) is 5.02 Å². The number of nitrogen functional groups attached to an aromatic ring is 1. The molecule has 4 aromatic rings. The summed E-state index contributed by atoms with van der Waals surface area (Å²) in [6, 6.07) is 16.3. The van der Waals surface area contributed by atoms with Crippen molar-refractivity contribution in [2.24, 2.45) is 0 Å². The van der Waals surface area contributed by atoms with E-state index < -0.39 is 16.1 Å². The first-order valence-corrected chi connectivity index (χ1v) is 12.7. The third kappa shape index (κ3) is 6.04. The maximum atomic E-state index is 12.7. The van der Waals surface area contributed by atoms with Gasteiger partial charge >= 0.3 is 0 Å². The number of hydrogen-bond donors (Lipinski definition) is 5. The number of H-pyrrole nitrogens is 1. The molecule has 4 rings (SSSR count). The number of aliphatic hydroxyl groups is 1.